The van der Waals surface area contributed by atoms with Gasteiger partial charge in [0.25, 0.3) is 17.5 Å². The van der Waals surface area contributed by atoms with Crippen molar-refractivity contribution < 1.29 is 24.0 Å². The van der Waals surface area contributed by atoms with Gasteiger partial charge in [0.2, 0.25) is 0 Å². The van der Waals surface area contributed by atoms with Gasteiger partial charge in [0, 0.05) is 28.9 Å². The maximum absolute atomic E-state index is 13.3. The average Bonchev–Trinajstić information content (AvgIpc) is 2.91. The Hall–Kier alpha value is -5.13. The summed E-state index contributed by atoms with van der Waals surface area (Å²) in [5.41, 5.74) is 11.8. The highest BCUT2D eigenvalue weighted by atomic mass is 16.6. The highest BCUT2D eigenvalue weighted by molar-refractivity contribution is 5.97. The Bertz CT molecular complexity index is 1340. The molecule has 6 N–H and O–H groups in total. The fraction of sp³-hybridized carbons (Fsp3) is 0.222. The van der Waals surface area contributed by atoms with Crippen LogP contribution < -0.4 is 31.4 Å². The number of carbonyl (C=O) groups excluding carboxylic acids is 2. The fourth-order valence-corrected chi connectivity index (χ4v) is 3.53. The molecule has 0 aliphatic carbocycles. The Morgan fingerprint density at radius 2 is 1.62 bits per heavy atom. The lowest BCUT2D eigenvalue weighted by molar-refractivity contribution is -0.384. The summed E-state index contributed by atoms with van der Waals surface area (Å²) in [5, 5.41) is 21.6. The molecule has 0 aromatic heterocycles. The van der Waals surface area contributed by atoms with Crippen molar-refractivity contribution in [3.05, 3.63) is 93.5 Å². The van der Waals surface area contributed by atoms with Gasteiger partial charge in [-0.1, -0.05) is 6.07 Å². The highest BCUT2D eigenvalue weighted by Crippen LogP contribution is 2.33. The van der Waals surface area contributed by atoms with E-state index in [9.17, 15) is 19.7 Å². The number of hydrogen-bond donors (Lipinski definition) is 5. The first-order valence-electron chi connectivity index (χ1n) is 12.1. The van der Waals surface area contributed by atoms with Crippen molar-refractivity contribution in [1.82, 2.24) is 10.9 Å². The number of nitro groups is 1. The zero-order chi connectivity index (χ0) is 28.5. The molecule has 1 atom stereocenters. The lowest BCUT2D eigenvalue weighted by Gasteiger charge is -2.22. The molecule has 0 fully saturated rings. The SMILES string of the molecule is CCOc1cc(C(Nc2ccc(C(=N)N)cc2)C(=O)NNC(=O)c2ccc([N+](=O)[O-])cc2)ccc1OC(C)C. The normalized spacial score (nSPS) is 11.3. The molecule has 12 nitrogen and oxygen atoms in total. The van der Waals surface area contributed by atoms with Crippen molar-refractivity contribution in [3.8, 4) is 11.5 Å². The molecule has 0 aliphatic rings. The third-order valence-electron chi connectivity index (χ3n) is 5.37. The van der Waals surface area contributed by atoms with Gasteiger partial charge in [-0.25, -0.2) is 0 Å². The molecule has 0 saturated carbocycles. The third-order valence-corrected chi connectivity index (χ3v) is 5.37. The van der Waals surface area contributed by atoms with E-state index in [2.05, 4.69) is 16.2 Å². The molecule has 3 rings (SSSR count). The van der Waals surface area contributed by atoms with Crippen molar-refractivity contribution in [3.63, 3.8) is 0 Å². The molecular formula is C27H30N6O6. The monoisotopic (exact) mass is 534 g/mol. The van der Waals surface area contributed by atoms with Crippen LogP contribution in [0.1, 0.15) is 48.3 Å². The Morgan fingerprint density at radius 3 is 2.18 bits per heavy atom. The molecule has 0 aliphatic heterocycles. The number of nitrogens with two attached hydrogens (primary N) is 1. The van der Waals surface area contributed by atoms with Crippen LogP contribution in [0, 0.1) is 15.5 Å². The van der Waals surface area contributed by atoms with Crippen LogP contribution in [-0.2, 0) is 4.79 Å². The second-order valence-electron chi connectivity index (χ2n) is 8.62. The summed E-state index contributed by atoms with van der Waals surface area (Å²) < 4.78 is 11.6. The zero-order valence-electron chi connectivity index (χ0n) is 21.7. The minimum absolute atomic E-state index is 0.0908. The van der Waals surface area contributed by atoms with Gasteiger partial charge in [-0.3, -0.25) is 36.0 Å². The average molecular weight is 535 g/mol. The lowest BCUT2D eigenvalue weighted by Crippen LogP contribution is -2.45. The third kappa shape index (κ3) is 7.68. The van der Waals surface area contributed by atoms with E-state index in [1.807, 2.05) is 20.8 Å². The summed E-state index contributed by atoms with van der Waals surface area (Å²) in [5.74, 6) is -0.372. The highest BCUT2D eigenvalue weighted by Gasteiger charge is 2.24. The van der Waals surface area contributed by atoms with E-state index in [4.69, 9.17) is 20.6 Å². The standard InChI is InChI=1S/C27H30N6O6/c1-4-38-23-15-19(9-14-22(23)39-16(2)3)24(30-20-10-5-17(6-11-20)25(28)29)27(35)32-31-26(34)18-7-12-21(13-8-18)33(36)37/h5-16,24,30H,4H2,1-3H3,(H3,28,29)(H,31,34)(H,32,35). The number of nitrogens with one attached hydrogen (secondary N) is 4. The Kier molecular flexibility index (Phi) is 9.41. The smallest absolute Gasteiger partial charge is 0.269 e. The molecule has 0 heterocycles. The molecule has 3 aromatic rings. The summed E-state index contributed by atoms with van der Waals surface area (Å²) in [6.45, 7) is 5.98. The van der Waals surface area contributed by atoms with E-state index in [-0.39, 0.29) is 23.2 Å². The number of amidine groups is 1. The summed E-state index contributed by atoms with van der Waals surface area (Å²) in [7, 11) is 0. The van der Waals surface area contributed by atoms with Crippen LogP contribution in [0.15, 0.2) is 66.7 Å². The quantitative estimate of drug-likeness (QED) is 0.107. The maximum Gasteiger partial charge on any atom is 0.269 e. The maximum atomic E-state index is 13.3. The molecule has 204 valence electrons. The second-order valence-corrected chi connectivity index (χ2v) is 8.62. The molecular weight excluding hydrogens is 504 g/mol. The topological polar surface area (TPSA) is 182 Å². The molecule has 0 spiro atoms. The van der Waals surface area contributed by atoms with Crippen LogP contribution in [0.4, 0.5) is 11.4 Å². The number of ether oxygens (including phenoxy) is 2. The van der Waals surface area contributed by atoms with E-state index < -0.39 is 22.8 Å². The number of nitrogen functional groups attached to an aromatic ring is 1. The van der Waals surface area contributed by atoms with E-state index in [1.54, 1.807) is 42.5 Å². The van der Waals surface area contributed by atoms with Crippen molar-refractivity contribution in [2.45, 2.75) is 32.9 Å². The van der Waals surface area contributed by atoms with E-state index in [0.29, 0.717) is 34.9 Å². The molecule has 39 heavy (non-hydrogen) atoms. The van der Waals surface area contributed by atoms with Gasteiger partial charge in [0.15, 0.2) is 11.5 Å². The van der Waals surface area contributed by atoms with E-state index >= 15 is 0 Å². The number of carbonyl (C=O) groups is 2. The first kappa shape index (κ1) is 28.4. The van der Waals surface area contributed by atoms with E-state index in [0.717, 1.165) is 0 Å². The number of non-ortho nitro benzene ring substituents is 1. The summed E-state index contributed by atoms with van der Waals surface area (Å²) in [6.07, 6.45) is -0.0956. The molecule has 12 heteroatoms. The van der Waals surface area contributed by atoms with Crippen LogP contribution in [0.5, 0.6) is 11.5 Å². The predicted octanol–water partition coefficient (Wildman–Crippen LogP) is 3.68. The summed E-state index contributed by atoms with van der Waals surface area (Å²) in [4.78, 5) is 36.2. The number of amides is 2. The number of rotatable bonds is 11. The minimum Gasteiger partial charge on any atom is -0.490 e. The number of nitrogens with zero attached hydrogens (tertiary/aromatic N) is 1. The van der Waals surface area contributed by atoms with Crippen molar-refractivity contribution in [1.29, 1.82) is 5.41 Å². The van der Waals surface area contributed by atoms with Gasteiger partial charge in [0.1, 0.15) is 11.9 Å². The minimum atomic E-state index is -0.988. The fourth-order valence-electron chi connectivity index (χ4n) is 3.53. The van der Waals surface area contributed by atoms with Gasteiger partial charge in [-0.05, 0) is 74.9 Å². The van der Waals surface area contributed by atoms with E-state index in [1.165, 1.54) is 24.3 Å². The van der Waals surface area contributed by atoms with Crippen LogP contribution in [0.3, 0.4) is 0 Å². The first-order valence-corrected chi connectivity index (χ1v) is 12.1. The van der Waals surface area contributed by atoms with Crippen molar-refractivity contribution >= 4 is 29.0 Å². The predicted molar refractivity (Wildman–Crippen MR) is 146 cm³/mol. The molecule has 1 unspecified atom stereocenters. The summed E-state index contributed by atoms with van der Waals surface area (Å²) in [6, 6.07) is 15.7. The molecule has 2 amide bonds. The number of benzene rings is 3. The number of hydrogen-bond acceptors (Lipinski definition) is 8. The largest absolute Gasteiger partial charge is 0.490 e. The van der Waals surface area contributed by atoms with Gasteiger partial charge in [-0.15, -0.1) is 0 Å². The Balaban J connectivity index is 1.86. The number of anilines is 1. The van der Waals surface area contributed by atoms with Crippen LogP contribution in [-0.4, -0.2) is 35.3 Å². The molecule has 0 bridgehead atoms. The van der Waals surface area contributed by atoms with Gasteiger partial charge in [0.05, 0.1) is 17.6 Å². The number of hydrazine groups is 1. The van der Waals surface area contributed by atoms with Gasteiger partial charge < -0.3 is 20.5 Å². The molecule has 3 aromatic carbocycles. The Labute approximate surface area is 225 Å². The van der Waals surface area contributed by atoms with Gasteiger partial charge in [-0.2, -0.15) is 0 Å². The van der Waals surface area contributed by atoms with Gasteiger partial charge >= 0.3 is 0 Å². The zero-order valence-corrected chi connectivity index (χ0v) is 21.7. The lowest BCUT2D eigenvalue weighted by atomic mass is 10.0. The van der Waals surface area contributed by atoms with Crippen LogP contribution in [0.2, 0.25) is 0 Å². The van der Waals surface area contributed by atoms with Crippen molar-refractivity contribution in [2.75, 3.05) is 11.9 Å². The second kappa shape index (κ2) is 12.9. The number of nitro benzene ring substituents is 1. The van der Waals surface area contributed by atoms with Crippen LogP contribution >= 0.6 is 0 Å². The molecule has 0 saturated heterocycles. The van der Waals surface area contributed by atoms with Crippen LogP contribution in [0.25, 0.3) is 0 Å². The molecule has 0 radical (unpaired) electrons. The van der Waals surface area contributed by atoms with Crippen molar-refractivity contribution in [2.24, 2.45) is 5.73 Å². The Morgan fingerprint density at radius 1 is 0.974 bits per heavy atom. The first-order chi connectivity index (χ1) is 18.6. The summed E-state index contributed by atoms with van der Waals surface area (Å²) >= 11 is 0.